The number of nitrogens with zero attached hydrogens (tertiary/aromatic N) is 2. The van der Waals surface area contributed by atoms with E-state index < -0.39 is 18.5 Å². The Hall–Kier alpha value is -1.36. The molecular weight excluding hydrogens is 248 g/mol. The number of rotatable bonds is 1. The molecule has 0 aromatic rings. The maximum Gasteiger partial charge on any atom is 0.538 e. The predicted octanol–water partition coefficient (Wildman–Crippen LogP) is 3.18. The fraction of sp³-hybridized carbons (Fsp3) is 1.00. The van der Waals surface area contributed by atoms with Crippen molar-refractivity contribution in [2.45, 2.75) is 18.5 Å². The highest BCUT2D eigenvalue weighted by Crippen LogP contribution is 2.35. The average molecular weight is 248 g/mol. The highest BCUT2D eigenvalue weighted by Gasteiger charge is 2.60. The van der Waals surface area contributed by atoms with Gasteiger partial charge in [-0.25, -0.2) is 0 Å². The lowest BCUT2D eigenvalue weighted by Gasteiger charge is -2.09. The van der Waals surface area contributed by atoms with Crippen LogP contribution in [0.5, 0.6) is 0 Å². The van der Waals surface area contributed by atoms with Gasteiger partial charge in [0.15, 0.2) is 0 Å². The molecule has 0 aromatic carbocycles. The molecule has 0 aromatic heterocycles. The van der Waals surface area contributed by atoms with E-state index in [1.165, 1.54) is 0 Å². The highest BCUT2D eigenvalue weighted by atomic mass is 19.4. The summed E-state index contributed by atoms with van der Waals surface area (Å²) < 4.78 is 85.4. The molecule has 0 unspecified atom stereocenters. The van der Waals surface area contributed by atoms with Crippen LogP contribution in [0.15, 0.2) is 10.4 Å². The van der Waals surface area contributed by atoms with Gasteiger partial charge in [-0.2, -0.15) is 22.0 Å². The van der Waals surface area contributed by atoms with E-state index in [-0.39, 0.29) is 0 Å². The lowest BCUT2D eigenvalue weighted by molar-refractivity contribution is -0.278. The van der Waals surface area contributed by atoms with Gasteiger partial charge in [0.25, 0.3) is 0 Å². The molecule has 0 atom stereocenters. The van der Waals surface area contributed by atoms with Crippen molar-refractivity contribution in [3.63, 3.8) is 0 Å². The van der Waals surface area contributed by atoms with Crippen molar-refractivity contribution in [3.05, 3.63) is 9.81 Å². The number of nitroso groups, excluding NO2 is 2. The fourth-order valence-electron chi connectivity index (χ4n) is 0.0518. The molecule has 0 fully saturated rings. The fourth-order valence-corrected chi connectivity index (χ4v) is 0.0518. The first-order valence-electron chi connectivity index (χ1n) is 2.57. The van der Waals surface area contributed by atoms with Gasteiger partial charge in [0, 0.05) is 10.4 Å². The van der Waals surface area contributed by atoms with Gasteiger partial charge in [0.05, 0.1) is 0 Å². The molecule has 4 nitrogen and oxygen atoms in total. The summed E-state index contributed by atoms with van der Waals surface area (Å²) in [6.45, 7) is 0. The quantitative estimate of drug-likeness (QED) is 0.406. The van der Waals surface area contributed by atoms with Crippen LogP contribution in [0.3, 0.4) is 0 Å². The molecular formula is C3F8N2O2. The Bertz CT molecular complexity index is 219. The second-order valence-corrected chi connectivity index (χ2v) is 1.69. The Kier molecular flexibility index (Phi) is 5.29. The molecule has 0 saturated carbocycles. The van der Waals surface area contributed by atoms with Crippen LogP contribution in [0, 0.1) is 9.81 Å². The summed E-state index contributed by atoms with van der Waals surface area (Å²) in [7, 11) is 0. The van der Waals surface area contributed by atoms with Gasteiger partial charge in [0.2, 0.25) is 0 Å². The zero-order valence-corrected chi connectivity index (χ0v) is 6.23. The molecule has 0 amide bonds. The maximum atomic E-state index is 11.1. The zero-order valence-electron chi connectivity index (χ0n) is 6.23. The molecule has 90 valence electrons. The van der Waals surface area contributed by atoms with Crippen molar-refractivity contribution in [2.24, 2.45) is 10.4 Å². The zero-order chi connectivity index (χ0) is 12.9. The van der Waals surface area contributed by atoms with Crippen LogP contribution >= 0.6 is 0 Å². The van der Waals surface area contributed by atoms with Crippen molar-refractivity contribution in [1.29, 1.82) is 0 Å². The first-order chi connectivity index (χ1) is 6.37. The molecule has 0 rings (SSSR count). The molecule has 0 saturated heterocycles. The largest absolute Gasteiger partial charge is 0.538 e. The Balaban J connectivity index is 0. The molecule has 0 aliphatic carbocycles. The first-order valence-corrected chi connectivity index (χ1v) is 2.57. The Morgan fingerprint density at radius 3 is 0.933 bits per heavy atom. The van der Waals surface area contributed by atoms with E-state index in [0.29, 0.717) is 5.18 Å². The second-order valence-electron chi connectivity index (χ2n) is 1.69. The van der Waals surface area contributed by atoms with Crippen molar-refractivity contribution in [3.8, 4) is 0 Å². The lowest BCUT2D eigenvalue weighted by Crippen LogP contribution is -2.33. The van der Waals surface area contributed by atoms with E-state index in [2.05, 4.69) is 0 Å². The van der Waals surface area contributed by atoms with E-state index in [0.717, 1.165) is 5.18 Å². The summed E-state index contributed by atoms with van der Waals surface area (Å²) in [4.78, 5) is 17.2. The summed E-state index contributed by atoms with van der Waals surface area (Å²) in [5.74, 6) is 0. The highest BCUT2D eigenvalue weighted by molar-refractivity contribution is 4.70. The van der Waals surface area contributed by atoms with Gasteiger partial charge in [0.1, 0.15) is 0 Å². The monoisotopic (exact) mass is 248 g/mol. The van der Waals surface area contributed by atoms with Gasteiger partial charge < -0.3 is 0 Å². The van der Waals surface area contributed by atoms with Crippen LogP contribution in [0.2, 0.25) is 0 Å². The number of hydrogen-bond donors (Lipinski definition) is 0. The smallest absolute Gasteiger partial charge is 0.168 e. The van der Waals surface area contributed by atoms with Crippen LogP contribution in [0.25, 0.3) is 0 Å². The summed E-state index contributed by atoms with van der Waals surface area (Å²) in [5.41, 5.74) is 0. The molecule has 0 aliphatic rings. The summed E-state index contributed by atoms with van der Waals surface area (Å²) in [6, 6.07) is -5.45. The number of alkyl halides is 8. The van der Waals surface area contributed by atoms with Gasteiger partial charge >= 0.3 is 18.5 Å². The van der Waals surface area contributed by atoms with Crippen LogP contribution in [-0.4, -0.2) is 18.5 Å². The molecule has 12 heteroatoms. The van der Waals surface area contributed by atoms with Crippen LogP contribution < -0.4 is 0 Å². The summed E-state index contributed by atoms with van der Waals surface area (Å²) >= 11 is 0. The van der Waals surface area contributed by atoms with E-state index in [1.54, 1.807) is 0 Å². The van der Waals surface area contributed by atoms with E-state index in [9.17, 15) is 35.1 Å². The Morgan fingerprint density at radius 2 is 0.933 bits per heavy atom. The van der Waals surface area contributed by atoms with Crippen LogP contribution in [-0.2, 0) is 0 Å². The van der Waals surface area contributed by atoms with Crippen molar-refractivity contribution in [2.75, 3.05) is 0 Å². The molecule has 0 aliphatic heterocycles. The van der Waals surface area contributed by atoms with Gasteiger partial charge in [-0.15, -0.1) is 23.0 Å². The van der Waals surface area contributed by atoms with Crippen LogP contribution in [0.4, 0.5) is 35.1 Å². The predicted molar refractivity (Wildman–Crippen MR) is 28.6 cm³/mol. The minimum absolute atomic E-state index is 0.583. The average Bonchev–Trinajstić information content (AvgIpc) is 2.02. The lowest BCUT2D eigenvalue weighted by atomic mass is 10.6. The third kappa shape index (κ3) is 7.69. The van der Waals surface area contributed by atoms with Gasteiger partial charge in [-0.3, -0.25) is 0 Å². The van der Waals surface area contributed by atoms with Crippen molar-refractivity contribution in [1.82, 2.24) is 0 Å². The molecule has 15 heavy (non-hydrogen) atoms. The first kappa shape index (κ1) is 16.1. The van der Waals surface area contributed by atoms with E-state index in [4.69, 9.17) is 9.81 Å². The molecule has 0 spiro atoms. The minimum Gasteiger partial charge on any atom is -0.168 e. The SMILES string of the molecule is O=NC(F)(F)C(F)(F)F.O=NC(F)(F)F. The summed E-state index contributed by atoms with van der Waals surface area (Å²) in [6.07, 6.45) is -10.8. The van der Waals surface area contributed by atoms with E-state index in [1.807, 2.05) is 0 Å². The third-order valence-corrected chi connectivity index (χ3v) is 0.559. The third-order valence-electron chi connectivity index (χ3n) is 0.559. The molecule has 0 bridgehead atoms. The summed E-state index contributed by atoms with van der Waals surface area (Å²) in [5, 5.41) is 1.35. The van der Waals surface area contributed by atoms with Crippen LogP contribution in [0.1, 0.15) is 0 Å². The van der Waals surface area contributed by atoms with Crippen molar-refractivity contribution >= 4 is 0 Å². The number of halogens is 8. The van der Waals surface area contributed by atoms with E-state index >= 15 is 0 Å². The minimum atomic E-state index is -5.87. The normalized spacial score (nSPS) is 12.5. The maximum absolute atomic E-state index is 11.1. The second kappa shape index (κ2) is 4.93. The molecule has 0 N–H and O–H groups in total. The molecule has 0 radical (unpaired) electrons. The standard InChI is InChI=1S/C2F5NO.CF3NO/c3-1(4,5)2(6,7)8-9;2-1(3,4)5-6. The number of hydrogen-bond acceptors (Lipinski definition) is 4. The van der Waals surface area contributed by atoms with Gasteiger partial charge in [-0.1, -0.05) is 0 Å². The Morgan fingerprint density at radius 1 is 0.667 bits per heavy atom. The topological polar surface area (TPSA) is 58.9 Å². The Labute approximate surface area is 75.2 Å². The van der Waals surface area contributed by atoms with Gasteiger partial charge in [-0.05, 0) is 0 Å². The van der Waals surface area contributed by atoms with Crippen molar-refractivity contribution < 1.29 is 35.1 Å². The molecule has 0 heterocycles.